The van der Waals surface area contributed by atoms with E-state index in [0.717, 1.165) is 41.4 Å². The molecular formula is C22H22ClN3O2. The lowest BCUT2D eigenvalue weighted by Crippen LogP contribution is -2.39. The normalized spacial score (nSPS) is 16.9. The second-order valence-electron chi connectivity index (χ2n) is 7.19. The zero-order valence-corrected chi connectivity index (χ0v) is 16.5. The number of hydrogen-bond donors (Lipinski definition) is 0. The summed E-state index contributed by atoms with van der Waals surface area (Å²) in [6.45, 7) is 3.22. The van der Waals surface area contributed by atoms with Crippen molar-refractivity contribution in [2.45, 2.75) is 32.1 Å². The van der Waals surface area contributed by atoms with Gasteiger partial charge in [0.1, 0.15) is 11.5 Å². The number of amides is 1. The van der Waals surface area contributed by atoms with Crippen LogP contribution in [0.2, 0.25) is 5.02 Å². The average molecular weight is 396 g/mol. The molecule has 1 fully saturated rings. The van der Waals surface area contributed by atoms with Gasteiger partial charge >= 0.3 is 0 Å². The van der Waals surface area contributed by atoms with Crippen LogP contribution in [0.5, 0.6) is 0 Å². The van der Waals surface area contributed by atoms with Gasteiger partial charge in [-0.3, -0.25) is 4.79 Å². The van der Waals surface area contributed by atoms with Crippen LogP contribution in [-0.4, -0.2) is 33.9 Å². The molecule has 1 amide bonds. The highest BCUT2D eigenvalue weighted by molar-refractivity contribution is 6.31. The Morgan fingerprint density at radius 2 is 2.11 bits per heavy atom. The molecule has 5 nitrogen and oxygen atoms in total. The van der Waals surface area contributed by atoms with Gasteiger partial charge in [-0.2, -0.15) is 0 Å². The summed E-state index contributed by atoms with van der Waals surface area (Å²) in [5.41, 5.74) is 2.35. The average Bonchev–Trinajstić information content (AvgIpc) is 3.18. The minimum absolute atomic E-state index is 0.0313. The fourth-order valence-corrected chi connectivity index (χ4v) is 3.81. The van der Waals surface area contributed by atoms with Crippen LogP contribution in [-0.2, 0) is 6.42 Å². The van der Waals surface area contributed by atoms with Gasteiger partial charge in [0.25, 0.3) is 5.91 Å². The van der Waals surface area contributed by atoms with Crippen LogP contribution in [0.15, 0.2) is 53.1 Å². The number of aromatic nitrogens is 2. The molecule has 2 aromatic heterocycles. The van der Waals surface area contributed by atoms with E-state index < -0.39 is 0 Å². The SMILES string of the molecule is Cc1cccc(C(=O)N2CCC[C@@H](c3ncc(Cc4ccccc4Cl)o3)C2)n1. The number of halogens is 1. The summed E-state index contributed by atoms with van der Waals surface area (Å²) < 4.78 is 6.01. The van der Waals surface area contributed by atoms with Gasteiger partial charge in [-0.15, -0.1) is 0 Å². The first-order valence-electron chi connectivity index (χ1n) is 9.51. The van der Waals surface area contributed by atoms with Gasteiger partial charge in [0.05, 0.1) is 12.1 Å². The van der Waals surface area contributed by atoms with Crippen molar-refractivity contribution < 1.29 is 9.21 Å². The number of pyridine rings is 1. The molecular weight excluding hydrogens is 374 g/mol. The zero-order chi connectivity index (χ0) is 19.5. The molecule has 4 rings (SSSR count). The predicted molar refractivity (Wildman–Crippen MR) is 108 cm³/mol. The first-order chi connectivity index (χ1) is 13.6. The Morgan fingerprint density at radius 3 is 2.93 bits per heavy atom. The molecule has 0 spiro atoms. The van der Waals surface area contributed by atoms with Crippen LogP contribution in [0.3, 0.4) is 0 Å². The van der Waals surface area contributed by atoms with E-state index in [0.29, 0.717) is 24.6 Å². The number of carbonyl (C=O) groups excluding carboxylic acids is 1. The smallest absolute Gasteiger partial charge is 0.272 e. The number of likely N-dealkylation sites (tertiary alicyclic amines) is 1. The van der Waals surface area contributed by atoms with Crippen LogP contribution in [0, 0.1) is 6.92 Å². The highest BCUT2D eigenvalue weighted by atomic mass is 35.5. The third-order valence-electron chi connectivity index (χ3n) is 5.06. The van der Waals surface area contributed by atoms with Crippen molar-refractivity contribution >= 4 is 17.5 Å². The van der Waals surface area contributed by atoms with E-state index in [1.807, 2.05) is 48.2 Å². The Morgan fingerprint density at radius 1 is 1.25 bits per heavy atom. The second kappa shape index (κ2) is 8.15. The third-order valence-corrected chi connectivity index (χ3v) is 5.43. The molecule has 144 valence electrons. The molecule has 0 aliphatic carbocycles. The Balaban J connectivity index is 1.46. The highest BCUT2D eigenvalue weighted by Gasteiger charge is 2.29. The zero-order valence-electron chi connectivity index (χ0n) is 15.8. The molecule has 1 atom stereocenters. The van der Waals surface area contributed by atoms with Crippen molar-refractivity contribution in [2.75, 3.05) is 13.1 Å². The van der Waals surface area contributed by atoms with Crippen LogP contribution >= 0.6 is 11.6 Å². The molecule has 0 bridgehead atoms. The number of piperidine rings is 1. The summed E-state index contributed by atoms with van der Waals surface area (Å²) >= 11 is 6.24. The van der Waals surface area contributed by atoms with Gasteiger partial charge in [-0.05, 0) is 43.5 Å². The number of hydrogen-bond acceptors (Lipinski definition) is 4. The van der Waals surface area contributed by atoms with Gasteiger partial charge < -0.3 is 9.32 Å². The molecule has 0 radical (unpaired) electrons. The quantitative estimate of drug-likeness (QED) is 0.645. The molecule has 3 heterocycles. The topological polar surface area (TPSA) is 59.2 Å². The van der Waals surface area contributed by atoms with Gasteiger partial charge in [0, 0.05) is 30.2 Å². The molecule has 28 heavy (non-hydrogen) atoms. The van der Waals surface area contributed by atoms with Crippen molar-refractivity contribution in [1.82, 2.24) is 14.9 Å². The summed E-state index contributed by atoms with van der Waals surface area (Å²) in [7, 11) is 0. The van der Waals surface area contributed by atoms with E-state index in [2.05, 4.69) is 9.97 Å². The summed E-state index contributed by atoms with van der Waals surface area (Å²) in [6, 6.07) is 13.3. The van der Waals surface area contributed by atoms with Gasteiger partial charge in [-0.1, -0.05) is 35.9 Å². The summed E-state index contributed by atoms with van der Waals surface area (Å²) in [6.07, 6.45) is 4.25. The standard InChI is InChI=1S/C22H22ClN3O2/c1-15-6-4-10-20(25-15)22(27)26-11-5-8-17(14-26)21-24-13-18(28-21)12-16-7-2-3-9-19(16)23/h2-4,6-7,9-10,13,17H,5,8,11-12,14H2,1H3/t17-/m1/s1. The molecule has 1 aromatic carbocycles. The molecule has 1 aliphatic rings. The largest absolute Gasteiger partial charge is 0.445 e. The highest BCUT2D eigenvalue weighted by Crippen LogP contribution is 2.28. The predicted octanol–water partition coefficient (Wildman–Crippen LogP) is 4.64. The third kappa shape index (κ3) is 4.09. The molecule has 0 saturated carbocycles. The van der Waals surface area contributed by atoms with Crippen LogP contribution in [0.1, 0.15) is 52.2 Å². The lowest BCUT2D eigenvalue weighted by atomic mass is 9.97. The Hall–Kier alpha value is -2.66. The molecule has 0 N–H and O–H groups in total. The number of nitrogens with zero attached hydrogens (tertiary/aromatic N) is 3. The number of carbonyl (C=O) groups is 1. The van der Waals surface area contributed by atoms with Crippen LogP contribution in [0.4, 0.5) is 0 Å². The number of rotatable bonds is 4. The molecule has 1 aliphatic heterocycles. The summed E-state index contributed by atoms with van der Waals surface area (Å²) in [4.78, 5) is 23.5. The van der Waals surface area contributed by atoms with Crippen molar-refractivity contribution in [3.63, 3.8) is 0 Å². The van der Waals surface area contributed by atoms with Gasteiger partial charge in [0.15, 0.2) is 5.89 Å². The van der Waals surface area contributed by atoms with Crippen LogP contribution < -0.4 is 0 Å². The van der Waals surface area contributed by atoms with E-state index in [1.54, 1.807) is 12.3 Å². The Bertz CT molecular complexity index is 985. The Labute approximate surface area is 169 Å². The molecule has 3 aromatic rings. The molecule has 6 heteroatoms. The van der Waals surface area contributed by atoms with E-state index in [-0.39, 0.29) is 11.8 Å². The van der Waals surface area contributed by atoms with Crippen LogP contribution in [0.25, 0.3) is 0 Å². The van der Waals surface area contributed by atoms with E-state index in [4.69, 9.17) is 16.0 Å². The number of benzene rings is 1. The maximum Gasteiger partial charge on any atom is 0.272 e. The minimum atomic E-state index is -0.0313. The van der Waals surface area contributed by atoms with E-state index in [9.17, 15) is 4.79 Å². The number of oxazole rings is 1. The fourth-order valence-electron chi connectivity index (χ4n) is 3.61. The van der Waals surface area contributed by atoms with E-state index in [1.165, 1.54) is 0 Å². The summed E-state index contributed by atoms with van der Waals surface area (Å²) in [5, 5.41) is 0.723. The maximum atomic E-state index is 12.8. The second-order valence-corrected chi connectivity index (χ2v) is 7.59. The molecule has 1 saturated heterocycles. The van der Waals surface area contributed by atoms with Crippen molar-refractivity contribution in [3.8, 4) is 0 Å². The van der Waals surface area contributed by atoms with Crippen molar-refractivity contribution in [2.24, 2.45) is 0 Å². The monoisotopic (exact) mass is 395 g/mol. The van der Waals surface area contributed by atoms with Gasteiger partial charge in [-0.25, -0.2) is 9.97 Å². The fraction of sp³-hybridized carbons (Fsp3) is 0.318. The minimum Gasteiger partial charge on any atom is -0.445 e. The van der Waals surface area contributed by atoms with Crippen molar-refractivity contribution in [3.05, 3.63) is 82.3 Å². The maximum absolute atomic E-state index is 12.8. The summed E-state index contributed by atoms with van der Waals surface area (Å²) in [5.74, 6) is 1.54. The first kappa shape index (κ1) is 18.7. The van der Waals surface area contributed by atoms with Crippen molar-refractivity contribution in [1.29, 1.82) is 0 Å². The number of aryl methyl sites for hydroxylation is 1. The lowest BCUT2D eigenvalue weighted by Gasteiger charge is -2.31. The van der Waals surface area contributed by atoms with Gasteiger partial charge in [0.2, 0.25) is 0 Å². The lowest BCUT2D eigenvalue weighted by molar-refractivity contribution is 0.0691. The Kier molecular flexibility index (Phi) is 5.44. The first-order valence-corrected chi connectivity index (χ1v) is 9.89. The molecule has 0 unspecified atom stereocenters. The van der Waals surface area contributed by atoms with E-state index >= 15 is 0 Å².